The number of aromatic nitrogens is 1. The van der Waals surface area contributed by atoms with E-state index in [-0.39, 0.29) is 41.7 Å². The van der Waals surface area contributed by atoms with Crippen LogP contribution in [0, 0.1) is 5.82 Å². The zero-order valence-electron chi connectivity index (χ0n) is 16.4. The number of nitrogens with zero attached hydrogens (tertiary/aromatic N) is 2. The van der Waals surface area contributed by atoms with E-state index in [0.717, 1.165) is 17.1 Å². The summed E-state index contributed by atoms with van der Waals surface area (Å²) < 4.78 is 16.9. The molecule has 1 heterocycles. The first kappa shape index (κ1) is 21.9. The SMILES string of the molecule is NC(=O)c1nsc(C(=O)N(CC(=O)NCc2ccc(F)cc2)Cc2ccccc2)c1N. The molecule has 0 atom stereocenters. The Kier molecular flexibility index (Phi) is 6.93. The average molecular weight is 441 g/mol. The summed E-state index contributed by atoms with van der Waals surface area (Å²) in [5.41, 5.74) is 12.4. The maximum Gasteiger partial charge on any atom is 0.270 e. The predicted molar refractivity (Wildman–Crippen MR) is 114 cm³/mol. The number of carbonyl (C=O) groups excluding carboxylic acids is 3. The smallest absolute Gasteiger partial charge is 0.270 e. The summed E-state index contributed by atoms with van der Waals surface area (Å²) in [6.07, 6.45) is 0. The fourth-order valence-electron chi connectivity index (χ4n) is 2.81. The Morgan fingerprint density at radius 1 is 1.03 bits per heavy atom. The molecule has 2 aromatic carbocycles. The summed E-state index contributed by atoms with van der Waals surface area (Å²) in [5.74, 6) is -2.15. The van der Waals surface area contributed by atoms with Crippen molar-refractivity contribution in [1.82, 2.24) is 14.6 Å². The molecule has 0 aliphatic carbocycles. The van der Waals surface area contributed by atoms with E-state index >= 15 is 0 Å². The van der Waals surface area contributed by atoms with Crippen molar-refractivity contribution >= 4 is 34.9 Å². The molecule has 0 aliphatic rings. The topological polar surface area (TPSA) is 131 Å². The predicted octanol–water partition coefficient (Wildman–Crippen LogP) is 1.92. The van der Waals surface area contributed by atoms with Crippen molar-refractivity contribution in [3.05, 3.63) is 82.1 Å². The molecule has 10 heteroatoms. The Bertz CT molecular complexity index is 1090. The van der Waals surface area contributed by atoms with Crippen molar-refractivity contribution in [2.45, 2.75) is 13.1 Å². The number of benzene rings is 2. The Morgan fingerprint density at radius 2 is 1.71 bits per heavy atom. The second-order valence-corrected chi connectivity index (χ2v) is 7.46. The highest BCUT2D eigenvalue weighted by Gasteiger charge is 2.26. The number of halogens is 1. The lowest BCUT2D eigenvalue weighted by molar-refractivity contribution is -0.122. The molecule has 5 N–H and O–H groups in total. The summed E-state index contributed by atoms with van der Waals surface area (Å²) in [6.45, 7) is 0.0755. The van der Waals surface area contributed by atoms with Gasteiger partial charge in [-0.15, -0.1) is 0 Å². The van der Waals surface area contributed by atoms with Gasteiger partial charge in [0.05, 0.1) is 5.69 Å². The second-order valence-electron chi connectivity index (χ2n) is 6.69. The molecule has 1 aromatic heterocycles. The maximum absolute atomic E-state index is 13.1. The lowest BCUT2D eigenvalue weighted by atomic mass is 10.2. The molecule has 8 nitrogen and oxygen atoms in total. The van der Waals surface area contributed by atoms with Crippen molar-refractivity contribution in [3.63, 3.8) is 0 Å². The van der Waals surface area contributed by atoms with Gasteiger partial charge in [0, 0.05) is 13.1 Å². The van der Waals surface area contributed by atoms with Gasteiger partial charge in [-0.1, -0.05) is 42.5 Å². The van der Waals surface area contributed by atoms with Gasteiger partial charge >= 0.3 is 0 Å². The normalized spacial score (nSPS) is 10.5. The van der Waals surface area contributed by atoms with Crippen LogP contribution in [0.25, 0.3) is 0 Å². The van der Waals surface area contributed by atoms with Gasteiger partial charge in [-0.2, -0.15) is 4.37 Å². The van der Waals surface area contributed by atoms with Gasteiger partial charge in [0.25, 0.3) is 11.8 Å². The highest BCUT2D eigenvalue weighted by atomic mass is 32.1. The van der Waals surface area contributed by atoms with Crippen LogP contribution in [-0.4, -0.2) is 33.5 Å². The fraction of sp³-hybridized carbons (Fsp3) is 0.143. The summed E-state index contributed by atoms with van der Waals surface area (Å²) >= 11 is 0.756. The van der Waals surface area contributed by atoms with E-state index in [9.17, 15) is 18.8 Å². The molecule has 0 radical (unpaired) electrons. The zero-order valence-corrected chi connectivity index (χ0v) is 17.2. The Balaban J connectivity index is 1.75. The van der Waals surface area contributed by atoms with Crippen LogP contribution in [0.1, 0.15) is 31.3 Å². The number of primary amides is 1. The van der Waals surface area contributed by atoms with E-state index in [1.54, 1.807) is 12.1 Å². The highest BCUT2D eigenvalue weighted by Crippen LogP contribution is 2.24. The Labute approximate surface area is 181 Å². The minimum absolute atomic E-state index is 0.0380. The molecule has 0 unspecified atom stereocenters. The van der Waals surface area contributed by atoms with Crippen LogP contribution in [0.5, 0.6) is 0 Å². The van der Waals surface area contributed by atoms with E-state index in [4.69, 9.17) is 11.5 Å². The monoisotopic (exact) mass is 441 g/mol. The number of nitrogens with one attached hydrogen (secondary N) is 1. The Morgan fingerprint density at radius 3 is 2.32 bits per heavy atom. The van der Waals surface area contributed by atoms with Gasteiger partial charge in [-0.3, -0.25) is 14.4 Å². The quantitative estimate of drug-likeness (QED) is 0.491. The number of hydrogen-bond donors (Lipinski definition) is 3. The van der Waals surface area contributed by atoms with Gasteiger partial charge in [-0.25, -0.2) is 4.39 Å². The maximum atomic E-state index is 13.1. The van der Waals surface area contributed by atoms with Gasteiger partial charge in [0.2, 0.25) is 5.91 Å². The van der Waals surface area contributed by atoms with Gasteiger partial charge in [0.1, 0.15) is 17.2 Å². The van der Waals surface area contributed by atoms with Crippen LogP contribution in [0.15, 0.2) is 54.6 Å². The van der Waals surface area contributed by atoms with Crippen LogP contribution in [0.3, 0.4) is 0 Å². The average Bonchev–Trinajstić information content (AvgIpc) is 3.14. The lowest BCUT2D eigenvalue weighted by Gasteiger charge is -2.22. The zero-order chi connectivity index (χ0) is 22.4. The largest absolute Gasteiger partial charge is 0.395 e. The van der Waals surface area contributed by atoms with Crippen molar-refractivity contribution in [1.29, 1.82) is 0 Å². The van der Waals surface area contributed by atoms with Crippen LogP contribution >= 0.6 is 11.5 Å². The molecule has 31 heavy (non-hydrogen) atoms. The second kappa shape index (κ2) is 9.81. The van der Waals surface area contributed by atoms with Gasteiger partial charge in [0.15, 0.2) is 5.69 Å². The summed E-state index contributed by atoms with van der Waals surface area (Å²) in [5, 5.41) is 2.71. The van der Waals surface area contributed by atoms with E-state index in [1.807, 2.05) is 30.3 Å². The van der Waals surface area contributed by atoms with Crippen LogP contribution in [-0.2, 0) is 17.9 Å². The van der Waals surface area contributed by atoms with Crippen molar-refractivity contribution in [2.24, 2.45) is 5.73 Å². The molecule has 3 amide bonds. The van der Waals surface area contributed by atoms with Crippen molar-refractivity contribution in [3.8, 4) is 0 Å². The van der Waals surface area contributed by atoms with E-state index in [1.165, 1.54) is 17.0 Å². The third-order valence-corrected chi connectivity index (χ3v) is 5.25. The molecule has 0 bridgehead atoms. The Hall–Kier alpha value is -3.79. The molecule has 0 spiro atoms. The van der Waals surface area contributed by atoms with Gasteiger partial charge < -0.3 is 21.7 Å². The molecular weight excluding hydrogens is 421 g/mol. The van der Waals surface area contributed by atoms with E-state index < -0.39 is 17.7 Å². The molecule has 160 valence electrons. The molecular formula is C21H20FN5O3S. The molecule has 3 rings (SSSR count). The molecule has 0 saturated heterocycles. The number of hydrogen-bond acceptors (Lipinski definition) is 6. The van der Waals surface area contributed by atoms with E-state index in [0.29, 0.717) is 5.56 Å². The number of nitrogens with two attached hydrogens (primary N) is 2. The minimum Gasteiger partial charge on any atom is -0.395 e. The molecule has 0 aliphatic heterocycles. The third kappa shape index (κ3) is 5.64. The van der Waals surface area contributed by atoms with Crippen LogP contribution in [0.4, 0.5) is 10.1 Å². The van der Waals surface area contributed by atoms with Gasteiger partial charge in [-0.05, 0) is 34.8 Å². The highest BCUT2D eigenvalue weighted by molar-refractivity contribution is 7.09. The molecule has 0 saturated carbocycles. The molecule has 0 fully saturated rings. The van der Waals surface area contributed by atoms with Crippen LogP contribution < -0.4 is 16.8 Å². The summed E-state index contributed by atoms with van der Waals surface area (Å²) in [6, 6.07) is 14.8. The number of carbonyl (C=O) groups is 3. The van der Waals surface area contributed by atoms with Crippen LogP contribution in [0.2, 0.25) is 0 Å². The first-order valence-electron chi connectivity index (χ1n) is 9.24. The van der Waals surface area contributed by atoms with E-state index in [2.05, 4.69) is 9.69 Å². The number of amides is 3. The van der Waals surface area contributed by atoms with Crippen molar-refractivity contribution in [2.75, 3.05) is 12.3 Å². The lowest BCUT2D eigenvalue weighted by Crippen LogP contribution is -2.40. The number of rotatable bonds is 8. The number of anilines is 1. The fourth-order valence-corrected chi connectivity index (χ4v) is 3.58. The number of nitrogen functional groups attached to an aromatic ring is 1. The third-order valence-electron chi connectivity index (χ3n) is 4.40. The minimum atomic E-state index is -0.834. The molecule has 3 aromatic rings. The summed E-state index contributed by atoms with van der Waals surface area (Å²) in [4.78, 5) is 38.4. The van der Waals surface area contributed by atoms with Crippen molar-refractivity contribution < 1.29 is 18.8 Å². The standard InChI is InChI=1S/C21H20FN5O3S/c22-15-8-6-13(7-9-15)10-25-16(28)12-27(11-14-4-2-1-3-5-14)21(30)19-17(23)18(20(24)29)26-31-19/h1-9H,10-12,23H2,(H2,24,29)(H,25,28). The first-order valence-corrected chi connectivity index (χ1v) is 10.0. The summed E-state index contributed by atoms with van der Waals surface area (Å²) in [7, 11) is 0. The first-order chi connectivity index (χ1) is 14.8.